The lowest BCUT2D eigenvalue weighted by molar-refractivity contribution is -0.132. The first kappa shape index (κ1) is 10.4. The fourth-order valence-electron chi connectivity index (χ4n) is 1.50. The molecule has 0 saturated heterocycles. The molecule has 1 aromatic heterocycles. The van der Waals surface area contributed by atoms with Crippen LogP contribution in [0.25, 0.3) is 10.9 Å². The van der Waals surface area contributed by atoms with Gasteiger partial charge in [0.15, 0.2) is 0 Å². The molecular formula is C11H10N2O3. The van der Waals surface area contributed by atoms with Crippen molar-refractivity contribution < 1.29 is 9.53 Å². The van der Waals surface area contributed by atoms with Gasteiger partial charge in [0, 0.05) is 14.0 Å². The lowest BCUT2D eigenvalue weighted by atomic mass is 10.2. The van der Waals surface area contributed by atoms with E-state index < -0.39 is 5.97 Å². The van der Waals surface area contributed by atoms with Gasteiger partial charge in [-0.3, -0.25) is 14.3 Å². The number of aromatic nitrogens is 2. The van der Waals surface area contributed by atoms with Crippen molar-refractivity contribution in [1.82, 2.24) is 9.78 Å². The van der Waals surface area contributed by atoms with Gasteiger partial charge in [-0.25, -0.2) is 0 Å². The molecule has 0 aliphatic carbocycles. The highest BCUT2D eigenvalue weighted by Crippen LogP contribution is 2.10. The van der Waals surface area contributed by atoms with Gasteiger partial charge in [0.25, 0.3) is 11.3 Å². The fraction of sp³-hybridized carbons (Fsp3) is 0.182. The maximum atomic E-state index is 11.9. The van der Waals surface area contributed by atoms with E-state index in [-0.39, 0.29) is 11.3 Å². The van der Waals surface area contributed by atoms with Gasteiger partial charge in [-0.2, -0.15) is 0 Å². The van der Waals surface area contributed by atoms with E-state index in [1.54, 1.807) is 25.2 Å². The first-order chi connectivity index (χ1) is 7.59. The second-order valence-electron chi connectivity index (χ2n) is 3.37. The van der Waals surface area contributed by atoms with Gasteiger partial charge in [0.05, 0.1) is 10.9 Å². The minimum absolute atomic E-state index is 0.186. The minimum atomic E-state index is -0.556. The van der Waals surface area contributed by atoms with Crippen molar-refractivity contribution in [3.05, 3.63) is 34.5 Å². The number of fused-ring (bicyclic) bond motifs is 1. The number of carbonyl (C=O) groups excluding carboxylic acids is 1. The lowest BCUT2D eigenvalue weighted by Gasteiger charge is -2.06. The Morgan fingerprint density at radius 3 is 2.75 bits per heavy atom. The van der Waals surface area contributed by atoms with Crippen LogP contribution in [0.4, 0.5) is 0 Å². The molecule has 0 bridgehead atoms. The highest BCUT2D eigenvalue weighted by Gasteiger charge is 2.11. The number of hydrogen-bond donors (Lipinski definition) is 0. The summed E-state index contributed by atoms with van der Waals surface area (Å²) in [6, 6.07) is 7.02. The molecule has 0 fully saturated rings. The summed E-state index contributed by atoms with van der Waals surface area (Å²) in [5.41, 5.74) is 0.326. The number of para-hydroxylation sites is 1. The van der Waals surface area contributed by atoms with Crippen LogP contribution >= 0.6 is 0 Å². The van der Waals surface area contributed by atoms with Crippen LogP contribution in [0.2, 0.25) is 0 Å². The number of aryl methyl sites for hydroxylation is 1. The zero-order chi connectivity index (χ0) is 11.7. The van der Waals surface area contributed by atoms with Crippen LogP contribution in [0.3, 0.4) is 0 Å². The van der Waals surface area contributed by atoms with Crippen LogP contribution in [0.15, 0.2) is 29.1 Å². The Hall–Kier alpha value is -2.17. The number of carbonyl (C=O) groups is 1. The van der Waals surface area contributed by atoms with Crippen molar-refractivity contribution in [1.29, 1.82) is 0 Å². The summed E-state index contributed by atoms with van der Waals surface area (Å²) in [6.07, 6.45) is 0. The lowest BCUT2D eigenvalue weighted by Crippen LogP contribution is -2.17. The quantitative estimate of drug-likeness (QED) is 0.666. The molecule has 1 aromatic carbocycles. The van der Waals surface area contributed by atoms with Gasteiger partial charge in [-0.05, 0) is 12.1 Å². The second-order valence-corrected chi connectivity index (χ2v) is 3.37. The molecule has 0 N–H and O–H groups in total. The van der Waals surface area contributed by atoms with Crippen molar-refractivity contribution in [3.8, 4) is 5.88 Å². The number of ether oxygens (including phenoxy) is 1. The van der Waals surface area contributed by atoms with Crippen molar-refractivity contribution in [2.24, 2.45) is 7.05 Å². The van der Waals surface area contributed by atoms with Gasteiger partial charge in [-0.15, -0.1) is 5.10 Å². The number of nitrogens with zero attached hydrogens (tertiary/aromatic N) is 2. The third kappa shape index (κ3) is 1.67. The molecule has 16 heavy (non-hydrogen) atoms. The molecule has 5 heteroatoms. The zero-order valence-electron chi connectivity index (χ0n) is 8.93. The maximum Gasteiger partial charge on any atom is 0.309 e. The predicted octanol–water partition coefficient (Wildman–Crippen LogP) is 0.859. The fourth-order valence-corrected chi connectivity index (χ4v) is 1.50. The van der Waals surface area contributed by atoms with E-state index in [0.29, 0.717) is 10.9 Å². The first-order valence-electron chi connectivity index (χ1n) is 4.74. The Morgan fingerprint density at radius 1 is 1.38 bits per heavy atom. The zero-order valence-corrected chi connectivity index (χ0v) is 8.93. The van der Waals surface area contributed by atoms with Crippen LogP contribution in [0.1, 0.15) is 6.92 Å². The molecule has 0 unspecified atom stereocenters. The third-order valence-corrected chi connectivity index (χ3v) is 2.17. The van der Waals surface area contributed by atoms with E-state index in [1.807, 2.05) is 6.07 Å². The van der Waals surface area contributed by atoms with Crippen molar-refractivity contribution >= 4 is 16.9 Å². The smallest absolute Gasteiger partial charge is 0.309 e. The summed E-state index contributed by atoms with van der Waals surface area (Å²) in [5, 5.41) is 4.38. The van der Waals surface area contributed by atoms with E-state index in [0.717, 1.165) is 0 Å². The predicted molar refractivity (Wildman–Crippen MR) is 58.3 cm³/mol. The van der Waals surface area contributed by atoms with Crippen LogP contribution in [-0.4, -0.2) is 15.7 Å². The Labute approximate surface area is 91.3 Å². The molecule has 2 rings (SSSR count). The molecular weight excluding hydrogens is 208 g/mol. The summed E-state index contributed by atoms with van der Waals surface area (Å²) in [4.78, 5) is 22.7. The summed E-state index contributed by atoms with van der Waals surface area (Å²) in [6.45, 7) is 1.23. The van der Waals surface area contributed by atoms with Gasteiger partial charge in [-0.1, -0.05) is 12.1 Å². The van der Waals surface area contributed by atoms with E-state index in [9.17, 15) is 9.59 Å². The van der Waals surface area contributed by atoms with Crippen molar-refractivity contribution in [3.63, 3.8) is 0 Å². The number of rotatable bonds is 1. The van der Waals surface area contributed by atoms with E-state index in [1.165, 1.54) is 11.6 Å². The Kier molecular flexibility index (Phi) is 2.44. The topological polar surface area (TPSA) is 61.2 Å². The summed E-state index contributed by atoms with van der Waals surface area (Å²) >= 11 is 0. The van der Waals surface area contributed by atoms with Gasteiger partial charge < -0.3 is 4.74 Å². The molecule has 0 amide bonds. The average Bonchev–Trinajstić information content (AvgIpc) is 2.25. The second kappa shape index (κ2) is 3.77. The molecule has 1 heterocycles. The summed E-state index contributed by atoms with van der Waals surface area (Å²) < 4.78 is 6.26. The average molecular weight is 218 g/mol. The van der Waals surface area contributed by atoms with Crippen LogP contribution < -0.4 is 10.2 Å². The van der Waals surface area contributed by atoms with Crippen LogP contribution in [-0.2, 0) is 11.8 Å². The molecule has 0 atom stereocenters. The molecule has 0 radical (unpaired) electrons. The summed E-state index contributed by atoms with van der Waals surface area (Å²) in [5.74, 6) is -0.742. The summed E-state index contributed by atoms with van der Waals surface area (Å²) in [7, 11) is 1.69. The van der Waals surface area contributed by atoms with Crippen LogP contribution in [0, 0.1) is 0 Å². The standard InChI is InChI=1S/C11H10N2O3/c1-7(14)16-11-10(15)8-5-3-4-6-9(8)13(2)12-11/h3-6H,1-2H3. The Bertz CT molecular complexity index is 616. The highest BCUT2D eigenvalue weighted by atomic mass is 16.5. The molecule has 2 aromatic rings. The number of esters is 1. The molecule has 5 nitrogen and oxygen atoms in total. The van der Waals surface area contributed by atoms with Gasteiger partial charge in [0.1, 0.15) is 0 Å². The van der Waals surface area contributed by atoms with E-state index >= 15 is 0 Å². The van der Waals surface area contributed by atoms with Crippen molar-refractivity contribution in [2.45, 2.75) is 6.92 Å². The van der Waals surface area contributed by atoms with Gasteiger partial charge >= 0.3 is 5.97 Å². The molecule has 0 spiro atoms. The molecule has 0 saturated carbocycles. The minimum Gasteiger partial charge on any atom is -0.402 e. The SMILES string of the molecule is CC(=O)Oc1nn(C)c2ccccc2c1=O. The number of benzene rings is 1. The Balaban J connectivity index is 2.75. The van der Waals surface area contributed by atoms with E-state index in [4.69, 9.17) is 4.74 Å². The van der Waals surface area contributed by atoms with Crippen molar-refractivity contribution in [2.75, 3.05) is 0 Å². The molecule has 0 aliphatic heterocycles. The largest absolute Gasteiger partial charge is 0.402 e. The number of hydrogen-bond acceptors (Lipinski definition) is 4. The van der Waals surface area contributed by atoms with E-state index in [2.05, 4.69) is 5.10 Å². The Morgan fingerprint density at radius 2 is 2.06 bits per heavy atom. The van der Waals surface area contributed by atoms with Gasteiger partial charge in [0.2, 0.25) is 0 Å². The molecule has 0 aliphatic rings. The third-order valence-electron chi connectivity index (χ3n) is 2.17. The molecule has 82 valence electrons. The first-order valence-corrected chi connectivity index (χ1v) is 4.74. The maximum absolute atomic E-state index is 11.9. The van der Waals surface area contributed by atoms with Crippen LogP contribution in [0.5, 0.6) is 5.88 Å². The monoisotopic (exact) mass is 218 g/mol. The normalized spacial score (nSPS) is 10.4. The highest BCUT2D eigenvalue weighted by molar-refractivity contribution is 5.79.